The zero-order chi connectivity index (χ0) is 18.5. The average molecular weight is 347 g/mol. The van der Waals surface area contributed by atoms with Crippen LogP contribution >= 0.6 is 0 Å². The first-order chi connectivity index (χ1) is 11.2. The first-order valence-corrected chi connectivity index (χ1v) is 7.62. The van der Waals surface area contributed by atoms with E-state index in [1.165, 1.54) is 7.05 Å². The van der Waals surface area contributed by atoms with Crippen molar-refractivity contribution in [3.8, 4) is 0 Å². The first-order valence-electron chi connectivity index (χ1n) is 7.62. The van der Waals surface area contributed by atoms with Gasteiger partial charge in [0, 0.05) is 32.6 Å². The summed E-state index contributed by atoms with van der Waals surface area (Å²) >= 11 is 0. The van der Waals surface area contributed by atoms with Gasteiger partial charge in [-0.15, -0.1) is 0 Å². The minimum atomic E-state index is -1.05. The van der Waals surface area contributed by atoms with Crippen molar-refractivity contribution >= 4 is 17.8 Å². The van der Waals surface area contributed by atoms with E-state index < -0.39 is 24.0 Å². The summed E-state index contributed by atoms with van der Waals surface area (Å²) in [5.74, 6) is -1.40. The second-order valence-electron chi connectivity index (χ2n) is 5.50. The van der Waals surface area contributed by atoms with Gasteiger partial charge in [0.1, 0.15) is 6.54 Å². The molecule has 0 saturated carbocycles. The standard InChI is InChI=1S/C13H29N7O4/c1-20(8-12(23)24)19-11(22)6-9(14)5-10(21)7-17-3-2-4-18-13(15)16/h9-10,17,21H,2-8,14H2,1H3,(H,19,22)(H,23,24)(H4,15,16,18)/t9-,10-/m1/s1. The maximum atomic E-state index is 11.7. The minimum absolute atomic E-state index is 0.00842. The summed E-state index contributed by atoms with van der Waals surface area (Å²) in [6.07, 6.45) is 0.282. The number of carboxylic acid groups (broad SMARTS) is 1. The summed E-state index contributed by atoms with van der Waals surface area (Å²) in [7, 11) is 1.44. The molecular weight excluding hydrogens is 318 g/mol. The highest BCUT2D eigenvalue weighted by atomic mass is 16.4. The van der Waals surface area contributed by atoms with E-state index in [2.05, 4.69) is 15.7 Å². The summed E-state index contributed by atoms with van der Waals surface area (Å²) in [4.78, 5) is 26.0. The molecule has 0 aromatic heterocycles. The number of amides is 1. The fourth-order valence-corrected chi connectivity index (χ4v) is 1.94. The van der Waals surface area contributed by atoms with Crippen molar-refractivity contribution in [2.75, 3.05) is 33.2 Å². The Hall–Kier alpha value is -1.95. The van der Waals surface area contributed by atoms with E-state index in [1.54, 1.807) is 0 Å². The number of carbonyl (C=O) groups excluding carboxylic acids is 1. The number of aliphatic hydroxyl groups excluding tert-OH is 1. The molecule has 0 rings (SSSR count). The van der Waals surface area contributed by atoms with E-state index in [-0.39, 0.29) is 25.3 Å². The van der Waals surface area contributed by atoms with Crippen LogP contribution in [0.2, 0.25) is 0 Å². The highest BCUT2D eigenvalue weighted by molar-refractivity contribution is 5.77. The van der Waals surface area contributed by atoms with Gasteiger partial charge in [0.05, 0.1) is 6.10 Å². The predicted molar refractivity (Wildman–Crippen MR) is 89.8 cm³/mol. The third kappa shape index (κ3) is 13.7. The van der Waals surface area contributed by atoms with Gasteiger partial charge in [0.25, 0.3) is 0 Å². The molecule has 0 unspecified atom stereocenters. The number of hydrogen-bond acceptors (Lipinski definition) is 7. The molecule has 0 aliphatic rings. The van der Waals surface area contributed by atoms with Crippen molar-refractivity contribution < 1.29 is 19.8 Å². The second kappa shape index (κ2) is 12.5. The minimum Gasteiger partial charge on any atom is -0.480 e. The lowest BCUT2D eigenvalue weighted by Crippen LogP contribution is -2.44. The van der Waals surface area contributed by atoms with Gasteiger partial charge >= 0.3 is 5.97 Å². The van der Waals surface area contributed by atoms with Crippen LogP contribution in [0.25, 0.3) is 0 Å². The molecule has 0 bridgehead atoms. The number of hydrazine groups is 1. The van der Waals surface area contributed by atoms with E-state index in [1.807, 2.05) is 0 Å². The van der Waals surface area contributed by atoms with E-state index in [0.717, 1.165) is 11.4 Å². The summed E-state index contributed by atoms with van der Waals surface area (Å²) in [5, 5.41) is 22.6. The van der Waals surface area contributed by atoms with Gasteiger partial charge in [-0.05, 0) is 19.4 Å². The quantitative estimate of drug-likeness (QED) is 0.0775. The molecule has 0 aromatic rings. The van der Waals surface area contributed by atoms with Crippen LogP contribution in [0.15, 0.2) is 4.99 Å². The Labute approximate surface area is 141 Å². The van der Waals surface area contributed by atoms with Crippen LogP contribution in [0.4, 0.5) is 0 Å². The molecule has 140 valence electrons. The number of carbonyl (C=O) groups is 2. The smallest absolute Gasteiger partial charge is 0.319 e. The van der Waals surface area contributed by atoms with Gasteiger partial charge in [-0.1, -0.05) is 0 Å². The van der Waals surface area contributed by atoms with Crippen LogP contribution in [0.1, 0.15) is 19.3 Å². The largest absolute Gasteiger partial charge is 0.480 e. The van der Waals surface area contributed by atoms with Gasteiger partial charge in [-0.25, -0.2) is 5.01 Å². The molecule has 2 atom stereocenters. The number of guanidine groups is 1. The topological polar surface area (TPSA) is 192 Å². The second-order valence-corrected chi connectivity index (χ2v) is 5.50. The molecule has 1 amide bonds. The van der Waals surface area contributed by atoms with Gasteiger partial charge in [0.15, 0.2) is 5.96 Å². The molecular formula is C13H29N7O4. The van der Waals surface area contributed by atoms with E-state index in [4.69, 9.17) is 22.3 Å². The highest BCUT2D eigenvalue weighted by Crippen LogP contribution is 2.00. The lowest BCUT2D eigenvalue weighted by molar-refractivity contribution is -0.139. The lowest BCUT2D eigenvalue weighted by atomic mass is 10.1. The number of nitrogens with zero attached hydrogens (tertiary/aromatic N) is 2. The number of carboxylic acids is 1. The molecule has 0 spiro atoms. The Bertz CT molecular complexity index is 415. The van der Waals surface area contributed by atoms with Gasteiger partial charge in [-0.2, -0.15) is 0 Å². The molecule has 0 fully saturated rings. The van der Waals surface area contributed by atoms with Crippen LogP contribution in [0, 0.1) is 0 Å². The van der Waals surface area contributed by atoms with Gasteiger partial charge in [-0.3, -0.25) is 20.0 Å². The Kier molecular flexibility index (Phi) is 11.5. The normalized spacial score (nSPS) is 13.3. The predicted octanol–water partition coefficient (Wildman–Crippen LogP) is -3.24. The fraction of sp³-hybridized carbons (Fsp3) is 0.769. The van der Waals surface area contributed by atoms with Crippen molar-refractivity contribution in [3.63, 3.8) is 0 Å². The number of aliphatic carboxylic acids is 1. The molecule has 0 saturated heterocycles. The van der Waals surface area contributed by atoms with Crippen molar-refractivity contribution in [3.05, 3.63) is 0 Å². The number of likely N-dealkylation sites (N-methyl/N-ethyl adjacent to an activating group) is 1. The molecule has 0 aliphatic heterocycles. The number of rotatable bonds is 13. The van der Waals surface area contributed by atoms with E-state index in [9.17, 15) is 14.7 Å². The lowest BCUT2D eigenvalue weighted by Gasteiger charge is -2.19. The van der Waals surface area contributed by atoms with Crippen LogP contribution in [0.5, 0.6) is 0 Å². The zero-order valence-electron chi connectivity index (χ0n) is 13.9. The Morgan fingerprint density at radius 1 is 1.33 bits per heavy atom. The van der Waals surface area contributed by atoms with Crippen molar-refractivity contribution in [2.24, 2.45) is 22.2 Å². The fourth-order valence-electron chi connectivity index (χ4n) is 1.94. The molecule has 11 heteroatoms. The third-order valence-electron chi connectivity index (χ3n) is 2.90. The summed E-state index contributed by atoms with van der Waals surface area (Å²) in [6.45, 7) is 1.18. The Morgan fingerprint density at radius 3 is 2.58 bits per heavy atom. The van der Waals surface area contributed by atoms with E-state index in [0.29, 0.717) is 19.6 Å². The SMILES string of the molecule is CN(CC(=O)O)NC(=O)C[C@H](N)C[C@@H](O)CNCCCN=C(N)N. The first kappa shape index (κ1) is 22.1. The van der Waals surface area contributed by atoms with Crippen molar-refractivity contribution in [2.45, 2.75) is 31.4 Å². The summed E-state index contributed by atoms with van der Waals surface area (Å²) in [6, 6.07) is -0.526. The Balaban J connectivity index is 3.81. The molecule has 24 heavy (non-hydrogen) atoms. The maximum absolute atomic E-state index is 11.7. The zero-order valence-corrected chi connectivity index (χ0v) is 13.9. The number of hydrogen-bond donors (Lipinski definition) is 7. The highest BCUT2D eigenvalue weighted by Gasteiger charge is 2.15. The third-order valence-corrected chi connectivity index (χ3v) is 2.90. The molecule has 11 nitrogen and oxygen atoms in total. The average Bonchev–Trinajstić information content (AvgIpc) is 2.40. The Morgan fingerprint density at radius 2 is 2.00 bits per heavy atom. The van der Waals surface area contributed by atoms with Gasteiger partial charge < -0.3 is 32.7 Å². The number of aliphatic hydroxyl groups is 1. The number of aliphatic imine (C=N–C) groups is 1. The van der Waals surface area contributed by atoms with Crippen LogP contribution in [-0.4, -0.2) is 78.4 Å². The van der Waals surface area contributed by atoms with Crippen LogP contribution in [0.3, 0.4) is 0 Å². The number of nitrogens with two attached hydrogens (primary N) is 3. The monoisotopic (exact) mass is 347 g/mol. The van der Waals surface area contributed by atoms with Gasteiger partial charge in [0.2, 0.25) is 5.91 Å². The summed E-state index contributed by atoms with van der Waals surface area (Å²) < 4.78 is 0. The maximum Gasteiger partial charge on any atom is 0.319 e. The molecule has 0 heterocycles. The molecule has 0 aliphatic carbocycles. The van der Waals surface area contributed by atoms with Crippen molar-refractivity contribution in [1.82, 2.24) is 15.8 Å². The van der Waals surface area contributed by atoms with Crippen LogP contribution in [-0.2, 0) is 9.59 Å². The molecule has 0 aromatic carbocycles. The molecule has 10 N–H and O–H groups in total. The van der Waals surface area contributed by atoms with Crippen LogP contribution < -0.4 is 27.9 Å². The van der Waals surface area contributed by atoms with Crippen molar-refractivity contribution in [1.29, 1.82) is 0 Å². The number of nitrogens with one attached hydrogen (secondary N) is 2. The summed E-state index contributed by atoms with van der Waals surface area (Å²) in [5.41, 5.74) is 18.6. The molecule has 0 radical (unpaired) electrons. The van der Waals surface area contributed by atoms with E-state index >= 15 is 0 Å².